The molecule has 180 valence electrons. The van der Waals surface area contributed by atoms with Crippen LogP contribution in [0.3, 0.4) is 0 Å². The number of nitrogens with one attached hydrogen (secondary N) is 1. The number of pyridine rings is 1. The first kappa shape index (κ1) is 24.0. The lowest BCUT2D eigenvalue weighted by Crippen LogP contribution is -2.46. The number of ether oxygens (including phenoxy) is 1. The van der Waals surface area contributed by atoms with Gasteiger partial charge in [-0.25, -0.2) is 4.68 Å². The number of benzene rings is 2. The normalized spacial score (nSPS) is 11.9. The van der Waals surface area contributed by atoms with Crippen LogP contribution < -0.4 is 10.2 Å². The molecule has 1 N–H and O–H groups in total. The molecule has 0 radical (unpaired) electrons. The van der Waals surface area contributed by atoms with Crippen molar-refractivity contribution in [3.63, 3.8) is 0 Å². The van der Waals surface area contributed by atoms with Gasteiger partial charge in [0.25, 0.3) is 0 Å². The summed E-state index contributed by atoms with van der Waals surface area (Å²) in [6.45, 7) is 4.58. The Bertz CT molecular complexity index is 1320. The third kappa shape index (κ3) is 5.36. The molecule has 2 aromatic carbocycles. The van der Waals surface area contributed by atoms with Gasteiger partial charge in [-0.3, -0.25) is 19.5 Å². The highest BCUT2D eigenvalue weighted by Crippen LogP contribution is 2.30. The molecule has 35 heavy (non-hydrogen) atoms. The summed E-state index contributed by atoms with van der Waals surface area (Å²) in [4.78, 5) is 33.0. The summed E-state index contributed by atoms with van der Waals surface area (Å²) < 4.78 is 6.64. The lowest BCUT2D eigenvalue weighted by molar-refractivity contribution is -0.127. The van der Waals surface area contributed by atoms with Crippen molar-refractivity contribution in [1.29, 1.82) is 0 Å². The second-order valence-corrected chi connectivity index (χ2v) is 8.24. The summed E-state index contributed by atoms with van der Waals surface area (Å²) in [7, 11) is 1.57. The number of rotatable bonds is 9. The van der Waals surface area contributed by atoms with Crippen molar-refractivity contribution in [2.24, 2.45) is 0 Å². The highest BCUT2D eigenvalue weighted by Gasteiger charge is 2.33. The van der Waals surface area contributed by atoms with Gasteiger partial charge >= 0.3 is 0 Å². The van der Waals surface area contributed by atoms with Crippen molar-refractivity contribution in [2.75, 3.05) is 25.2 Å². The van der Waals surface area contributed by atoms with Crippen LogP contribution in [0.1, 0.15) is 22.7 Å². The van der Waals surface area contributed by atoms with E-state index >= 15 is 0 Å². The lowest BCUT2D eigenvalue weighted by Gasteiger charge is -2.32. The number of nitrogens with zero attached hydrogens (tertiary/aromatic N) is 5. The molecule has 0 spiro atoms. The molecular weight excluding hydrogens is 444 g/mol. The van der Waals surface area contributed by atoms with E-state index in [-0.39, 0.29) is 18.4 Å². The number of fused-ring (bicyclic) bond motifs is 1. The van der Waals surface area contributed by atoms with E-state index in [2.05, 4.69) is 20.6 Å². The van der Waals surface area contributed by atoms with Gasteiger partial charge < -0.3 is 10.1 Å². The van der Waals surface area contributed by atoms with E-state index in [9.17, 15) is 9.59 Å². The summed E-state index contributed by atoms with van der Waals surface area (Å²) in [5.74, 6) is -0.615. The summed E-state index contributed by atoms with van der Waals surface area (Å²) in [6, 6.07) is 15.7. The number of hydrogen-bond acceptors (Lipinski definition) is 6. The third-order valence-corrected chi connectivity index (χ3v) is 5.88. The van der Waals surface area contributed by atoms with Gasteiger partial charge in [0, 0.05) is 31.7 Å². The van der Waals surface area contributed by atoms with Crippen LogP contribution in [0.15, 0.2) is 67.0 Å². The highest BCUT2D eigenvalue weighted by molar-refractivity contribution is 6.01. The summed E-state index contributed by atoms with van der Waals surface area (Å²) in [5.41, 5.74) is 4.80. The topological polar surface area (TPSA) is 102 Å². The van der Waals surface area contributed by atoms with E-state index in [0.717, 1.165) is 16.6 Å². The van der Waals surface area contributed by atoms with Crippen LogP contribution in [0, 0.1) is 13.8 Å². The zero-order valence-corrected chi connectivity index (χ0v) is 20.0. The maximum atomic E-state index is 13.9. The number of aryl methyl sites for hydroxylation is 2. The van der Waals surface area contributed by atoms with Gasteiger partial charge in [-0.15, -0.1) is 5.10 Å². The molecule has 0 saturated heterocycles. The minimum atomic E-state index is -0.917. The van der Waals surface area contributed by atoms with Crippen LogP contribution in [-0.2, 0) is 20.9 Å². The lowest BCUT2D eigenvalue weighted by atomic mass is 10.0. The standard InChI is InChI=1S/C26H28N6O3/c1-18-8-9-21(16-19(18)2)32(24(33)17-31-23-7-5-4-6-22(23)29-30-31)25(20-10-12-27-13-11-20)26(34)28-14-15-35-3/h4-13,16,25H,14-15,17H2,1-3H3,(H,28,34). The number of amides is 2. The van der Waals surface area contributed by atoms with Gasteiger partial charge in [0.2, 0.25) is 11.8 Å². The number of methoxy groups -OCH3 is 1. The zero-order valence-electron chi connectivity index (χ0n) is 20.0. The van der Waals surface area contributed by atoms with Gasteiger partial charge in [0.1, 0.15) is 18.1 Å². The minimum Gasteiger partial charge on any atom is -0.383 e. The largest absolute Gasteiger partial charge is 0.383 e. The Morgan fingerprint density at radius 1 is 1.06 bits per heavy atom. The molecule has 1 atom stereocenters. The van der Waals surface area contributed by atoms with Crippen LogP contribution in [0.5, 0.6) is 0 Å². The third-order valence-electron chi connectivity index (χ3n) is 5.88. The van der Waals surface area contributed by atoms with Gasteiger partial charge in [-0.2, -0.15) is 0 Å². The first-order valence-electron chi connectivity index (χ1n) is 11.3. The Morgan fingerprint density at radius 2 is 1.83 bits per heavy atom. The van der Waals surface area contributed by atoms with Gasteiger partial charge in [0.15, 0.2) is 0 Å². The van der Waals surface area contributed by atoms with E-state index in [1.807, 2.05) is 56.3 Å². The van der Waals surface area contributed by atoms with E-state index in [1.54, 1.807) is 36.3 Å². The number of carbonyl (C=O) groups is 2. The molecule has 9 heteroatoms. The Hall–Kier alpha value is -4.11. The van der Waals surface area contributed by atoms with Crippen LogP contribution >= 0.6 is 0 Å². The van der Waals surface area contributed by atoms with E-state index < -0.39 is 6.04 Å². The highest BCUT2D eigenvalue weighted by atomic mass is 16.5. The molecule has 2 heterocycles. The van der Waals surface area contributed by atoms with Crippen molar-refractivity contribution in [1.82, 2.24) is 25.3 Å². The summed E-state index contributed by atoms with van der Waals surface area (Å²) in [5, 5.41) is 11.2. The first-order valence-corrected chi connectivity index (χ1v) is 11.3. The Morgan fingerprint density at radius 3 is 2.57 bits per heavy atom. The molecule has 1 unspecified atom stereocenters. The molecule has 2 amide bonds. The first-order chi connectivity index (χ1) is 17.0. The molecule has 2 aromatic heterocycles. The molecule has 0 aliphatic rings. The summed E-state index contributed by atoms with van der Waals surface area (Å²) in [6.07, 6.45) is 3.22. The number of anilines is 1. The van der Waals surface area contributed by atoms with E-state index in [4.69, 9.17) is 4.74 Å². The van der Waals surface area contributed by atoms with Crippen molar-refractivity contribution < 1.29 is 14.3 Å². The second-order valence-electron chi connectivity index (χ2n) is 8.24. The number of hydrogen-bond donors (Lipinski definition) is 1. The summed E-state index contributed by atoms with van der Waals surface area (Å²) >= 11 is 0. The molecule has 4 aromatic rings. The smallest absolute Gasteiger partial charge is 0.249 e. The van der Waals surface area contributed by atoms with Crippen molar-refractivity contribution in [3.8, 4) is 0 Å². The molecular formula is C26H28N6O3. The molecule has 9 nitrogen and oxygen atoms in total. The monoisotopic (exact) mass is 472 g/mol. The molecule has 0 bridgehead atoms. The van der Waals surface area contributed by atoms with Crippen LogP contribution in [0.4, 0.5) is 5.69 Å². The Balaban J connectivity index is 1.78. The van der Waals surface area contributed by atoms with E-state index in [0.29, 0.717) is 29.9 Å². The minimum absolute atomic E-state index is 0.0830. The zero-order chi connectivity index (χ0) is 24.8. The molecule has 0 saturated carbocycles. The number of para-hydroxylation sites is 1. The average Bonchev–Trinajstić information content (AvgIpc) is 3.27. The predicted molar refractivity (Wildman–Crippen MR) is 133 cm³/mol. The molecule has 0 aliphatic heterocycles. The fraction of sp³-hybridized carbons (Fsp3) is 0.269. The maximum Gasteiger partial charge on any atom is 0.249 e. The van der Waals surface area contributed by atoms with Crippen LogP contribution in [0.2, 0.25) is 0 Å². The van der Waals surface area contributed by atoms with Gasteiger partial charge in [-0.05, 0) is 66.9 Å². The number of carbonyl (C=O) groups excluding carboxylic acids is 2. The molecule has 0 aliphatic carbocycles. The van der Waals surface area contributed by atoms with Crippen LogP contribution in [-0.4, -0.2) is 52.1 Å². The fourth-order valence-corrected chi connectivity index (χ4v) is 3.89. The van der Waals surface area contributed by atoms with Gasteiger partial charge in [-0.1, -0.05) is 23.4 Å². The van der Waals surface area contributed by atoms with Crippen LogP contribution in [0.25, 0.3) is 11.0 Å². The quantitative estimate of drug-likeness (QED) is 0.376. The second kappa shape index (κ2) is 10.9. The predicted octanol–water partition coefficient (Wildman–Crippen LogP) is 2.98. The maximum absolute atomic E-state index is 13.9. The average molecular weight is 473 g/mol. The van der Waals surface area contributed by atoms with Crippen molar-refractivity contribution in [3.05, 3.63) is 83.7 Å². The fourth-order valence-electron chi connectivity index (χ4n) is 3.89. The molecule has 4 rings (SSSR count). The Kier molecular flexibility index (Phi) is 7.47. The number of aromatic nitrogens is 4. The SMILES string of the molecule is COCCNC(=O)C(c1ccncc1)N(C(=O)Cn1nnc2ccccc21)c1ccc(C)c(C)c1. The van der Waals surface area contributed by atoms with Crippen molar-refractivity contribution in [2.45, 2.75) is 26.4 Å². The van der Waals surface area contributed by atoms with Gasteiger partial charge in [0.05, 0.1) is 12.1 Å². The van der Waals surface area contributed by atoms with Crippen molar-refractivity contribution >= 4 is 28.5 Å². The van der Waals surface area contributed by atoms with E-state index in [1.165, 1.54) is 4.90 Å². The Labute approximate surface area is 203 Å². The molecule has 0 fully saturated rings.